The van der Waals surface area contributed by atoms with Crippen LogP contribution >= 0.6 is 11.8 Å². The number of fused-ring (bicyclic) bond motifs is 1. The van der Waals surface area contributed by atoms with Crippen LogP contribution in [-0.2, 0) is 9.53 Å². The molecule has 0 bridgehead atoms. The molecule has 7 heteroatoms. The molecule has 144 valence electrons. The number of nitrogens with one attached hydrogen (secondary N) is 2. The molecule has 2 atom stereocenters. The van der Waals surface area contributed by atoms with Crippen LogP contribution in [-0.4, -0.2) is 42.2 Å². The molecular weight excluding hydrogens is 376 g/mol. The maximum absolute atomic E-state index is 12.4. The SMILES string of the molecule is COc1ccc(C(=O)COC(=O)[C@@H]2CS[C@H](c3cccc4[nH]ccc34)N2)cc1. The molecule has 0 unspecified atom stereocenters. The number of carbonyl (C=O) groups is 2. The molecule has 1 aromatic heterocycles. The Labute approximate surface area is 166 Å². The first-order valence-corrected chi connectivity index (χ1v) is 9.98. The fourth-order valence-electron chi connectivity index (χ4n) is 3.22. The Kier molecular flexibility index (Phi) is 5.36. The number of H-pyrrole nitrogens is 1. The second kappa shape index (κ2) is 8.08. The van der Waals surface area contributed by atoms with E-state index in [4.69, 9.17) is 9.47 Å². The topological polar surface area (TPSA) is 80.4 Å². The fraction of sp³-hybridized carbons (Fsp3) is 0.238. The van der Waals surface area contributed by atoms with Crippen molar-refractivity contribution in [1.82, 2.24) is 10.3 Å². The van der Waals surface area contributed by atoms with Crippen LogP contribution in [0.1, 0.15) is 21.3 Å². The number of aromatic nitrogens is 1. The van der Waals surface area contributed by atoms with Crippen molar-refractivity contribution < 1.29 is 19.1 Å². The van der Waals surface area contributed by atoms with Crippen molar-refractivity contribution in [3.63, 3.8) is 0 Å². The zero-order valence-electron chi connectivity index (χ0n) is 15.3. The predicted octanol–water partition coefficient (Wildman–Crippen LogP) is 3.31. The van der Waals surface area contributed by atoms with Gasteiger partial charge in [-0.15, -0.1) is 11.8 Å². The van der Waals surface area contributed by atoms with E-state index in [9.17, 15) is 9.59 Å². The molecule has 1 aliphatic heterocycles. The Morgan fingerprint density at radius 3 is 2.75 bits per heavy atom. The number of carbonyl (C=O) groups excluding carboxylic acids is 2. The smallest absolute Gasteiger partial charge is 0.324 e. The Bertz CT molecular complexity index is 999. The minimum absolute atomic E-state index is 0.00865. The highest BCUT2D eigenvalue weighted by Crippen LogP contribution is 2.36. The van der Waals surface area contributed by atoms with Gasteiger partial charge in [0.2, 0.25) is 0 Å². The predicted molar refractivity (Wildman–Crippen MR) is 109 cm³/mol. The molecule has 0 amide bonds. The first-order valence-electron chi connectivity index (χ1n) is 8.93. The highest BCUT2D eigenvalue weighted by molar-refractivity contribution is 7.99. The average Bonchev–Trinajstić information content (AvgIpc) is 3.41. The third-order valence-corrected chi connectivity index (χ3v) is 5.98. The van der Waals surface area contributed by atoms with Crippen molar-refractivity contribution in [1.29, 1.82) is 0 Å². The molecule has 0 aliphatic carbocycles. The minimum atomic E-state index is -0.437. The Hall–Kier alpha value is -2.77. The number of aromatic amines is 1. The van der Waals surface area contributed by atoms with E-state index in [-0.39, 0.29) is 17.8 Å². The van der Waals surface area contributed by atoms with Gasteiger partial charge in [0.1, 0.15) is 11.8 Å². The molecule has 2 aromatic carbocycles. The first kappa shape index (κ1) is 18.6. The number of thioether (sulfide) groups is 1. The zero-order valence-corrected chi connectivity index (χ0v) is 16.1. The quantitative estimate of drug-likeness (QED) is 0.492. The molecule has 1 fully saturated rings. The summed E-state index contributed by atoms with van der Waals surface area (Å²) >= 11 is 1.66. The van der Waals surface area contributed by atoms with Gasteiger partial charge in [0, 0.05) is 28.4 Å². The zero-order chi connectivity index (χ0) is 19.5. The van der Waals surface area contributed by atoms with E-state index in [0.29, 0.717) is 17.1 Å². The monoisotopic (exact) mass is 396 g/mol. The number of rotatable bonds is 6. The molecule has 3 aromatic rings. The maximum Gasteiger partial charge on any atom is 0.324 e. The lowest BCUT2D eigenvalue weighted by molar-refractivity contribution is -0.144. The summed E-state index contributed by atoms with van der Waals surface area (Å²) in [5, 5.41) is 4.46. The van der Waals surface area contributed by atoms with Gasteiger partial charge < -0.3 is 14.5 Å². The first-order chi connectivity index (χ1) is 13.7. The number of hydrogen-bond donors (Lipinski definition) is 2. The van der Waals surface area contributed by atoms with Crippen LogP contribution in [0, 0.1) is 0 Å². The molecule has 28 heavy (non-hydrogen) atoms. The van der Waals surface area contributed by atoms with Gasteiger partial charge in [-0.3, -0.25) is 14.9 Å². The number of ether oxygens (including phenoxy) is 2. The van der Waals surface area contributed by atoms with Crippen LogP contribution < -0.4 is 10.1 Å². The molecule has 4 rings (SSSR count). The van der Waals surface area contributed by atoms with Crippen LogP contribution in [0.5, 0.6) is 5.75 Å². The molecule has 0 spiro atoms. The molecule has 1 saturated heterocycles. The minimum Gasteiger partial charge on any atom is -0.497 e. The molecule has 0 saturated carbocycles. The number of Topliss-reactive ketones (excluding diaryl/α,β-unsaturated/α-hetero) is 1. The van der Waals surface area contributed by atoms with Gasteiger partial charge in [-0.2, -0.15) is 0 Å². The average molecular weight is 396 g/mol. The van der Waals surface area contributed by atoms with Crippen molar-refractivity contribution in [2.24, 2.45) is 0 Å². The van der Waals surface area contributed by atoms with E-state index in [2.05, 4.69) is 16.4 Å². The van der Waals surface area contributed by atoms with Crippen molar-refractivity contribution in [3.05, 3.63) is 65.9 Å². The maximum atomic E-state index is 12.4. The Morgan fingerprint density at radius 2 is 1.96 bits per heavy atom. The highest BCUT2D eigenvalue weighted by atomic mass is 32.2. The third kappa shape index (κ3) is 3.76. The lowest BCUT2D eigenvalue weighted by Gasteiger charge is -2.14. The van der Waals surface area contributed by atoms with E-state index in [0.717, 1.165) is 16.5 Å². The van der Waals surface area contributed by atoms with Crippen molar-refractivity contribution in [3.8, 4) is 5.75 Å². The molecule has 2 heterocycles. The molecular formula is C21H20N2O4S. The summed E-state index contributed by atoms with van der Waals surface area (Å²) in [5.74, 6) is 0.624. The third-order valence-electron chi connectivity index (χ3n) is 4.74. The van der Waals surface area contributed by atoms with Gasteiger partial charge in [0.05, 0.1) is 12.5 Å². The van der Waals surface area contributed by atoms with Crippen LogP contribution in [0.4, 0.5) is 0 Å². The summed E-state index contributed by atoms with van der Waals surface area (Å²) in [6, 6.07) is 14.4. The number of hydrogen-bond acceptors (Lipinski definition) is 6. The number of methoxy groups -OCH3 is 1. The summed E-state index contributed by atoms with van der Waals surface area (Å²) in [6.45, 7) is -0.272. The molecule has 1 aliphatic rings. The summed E-state index contributed by atoms with van der Waals surface area (Å²) in [6.07, 6.45) is 1.91. The van der Waals surface area contributed by atoms with E-state index >= 15 is 0 Å². The highest BCUT2D eigenvalue weighted by Gasteiger charge is 2.32. The standard InChI is InChI=1S/C21H20N2O4S/c1-26-14-7-5-13(6-8-14)19(24)11-27-21(25)18-12-28-20(23-18)16-3-2-4-17-15(16)9-10-22-17/h2-10,18,20,22-23H,11-12H2,1H3/t18-,20+/m0/s1. The lowest BCUT2D eigenvalue weighted by atomic mass is 10.1. The number of esters is 1. The van der Waals surface area contributed by atoms with Gasteiger partial charge >= 0.3 is 5.97 Å². The fourth-order valence-corrected chi connectivity index (χ4v) is 4.49. The Balaban J connectivity index is 1.34. The largest absolute Gasteiger partial charge is 0.497 e. The van der Waals surface area contributed by atoms with E-state index in [1.165, 1.54) is 0 Å². The van der Waals surface area contributed by atoms with Crippen LogP contribution in [0.3, 0.4) is 0 Å². The van der Waals surface area contributed by atoms with Gasteiger partial charge in [0.25, 0.3) is 0 Å². The van der Waals surface area contributed by atoms with E-state index in [1.807, 2.05) is 24.4 Å². The molecule has 2 N–H and O–H groups in total. The van der Waals surface area contributed by atoms with Gasteiger partial charge in [-0.05, 0) is 42.0 Å². The lowest BCUT2D eigenvalue weighted by Crippen LogP contribution is -2.36. The van der Waals surface area contributed by atoms with Gasteiger partial charge in [-0.1, -0.05) is 12.1 Å². The van der Waals surface area contributed by atoms with Gasteiger partial charge in [-0.25, -0.2) is 0 Å². The van der Waals surface area contributed by atoms with Crippen molar-refractivity contribution in [2.45, 2.75) is 11.4 Å². The number of benzene rings is 2. The van der Waals surface area contributed by atoms with Crippen molar-refractivity contribution >= 4 is 34.4 Å². The molecule has 6 nitrogen and oxygen atoms in total. The second-order valence-electron chi connectivity index (χ2n) is 6.48. The van der Waals surface area contributed by atoms with Crippen LogP contribution in [0.2, 0.25) is 0 Å². The van der Waals surface area contributed by atoms with Gasteiger partial charge in [0.15, 0.2) is 12.4 Å². The van der Waals surface area contributed by atoms with E-state index in [1.54, 1.807) is 43.1 Å². The second-order valence-corrected chi connectivity index (χ2v) is 7.62. The number of ketones is 1. The summed E-state index contributed by atoms with van der Waals surface area (Å²) < 4.78 is 10.3. The normalized spacial score (nSPS) is 18.9. The van der Waals surface area contributed by atoms with Crippen molar-refractivity contribution in [2.75, 3.05) is 19.5 Å². The summed E-state index contributed by atoms with van der Waals surface area (Å²) in [7, 11) is 1.56. The molecule has 0 radical (unpaired) electrons. The Morgan fingerprint density at radius 1 is 1.14 bits per heavy atom. The summed E-state index contributed by atoms with van der Waals surface area (Å²) in [4.78, 5) is 27.8. The van der Waals surface area contributed by atoms with E-state index < -0.39 is 12.0 Å². The summed E-state index contributed by atoms with van der Waals surface area (Å²) in [5.41, 5.74) is 2.68. The van der Waals surface area contributed by atoms with Crippen LogP contribution in [0.25, 0.3) is 10.9 Å². The van der Waals surface area contributed by atoms with Crippen LogP contribution in [0.15, 0.2) is 54.7 Å².